The summed E-state index contributed by atoms with van der Waals surface area (Å²) in [4.78, 5) is 16.4. The number of fused-ring (bicyclic) bond motifs is 17. The molecule has 13 aromatic rings. The molecule has 0 unspecified atom stereocenters. The molecule has 0 bridgehead atoms. The first-order valence-corrected chi connectivity index (χ1v) is 23.6. The third-order valence-electron chi connectivity index (χ3n) is 14.8. The second kappa shape index (κ2) is 14.4. The summed E-state index contributed by atoms with van der Waals surface area (Å²) in [5.74, 6) is 1.76. The van der Waals surface area contributed by atoms with Gasteiger partial charge in [-0.15, -0.1) is 0 Å². The van der Waals surface area contributed by atoms with E-state index in [1.807, 2.05) is 0 Å². The molecular weight excluding hydrogens is 839 g/mol. The van der Waals surface area contributed by atoms with Gasteiger partial charge in [-0.3, -0.25) is 4.57 Å². The number of hydrogen-bond donors (Lipinski definition) is 0. The maximum atomic E-state index is 5.56. The van der Waals surface area contributed by atoms with Crippen LogP contribution in [0.3, 0.4) is 0 Å². The molecule has 69 heavy (non-hydrogen) atoms. The average molecular weight is 878 g/mol. The van der Waals surface area contributed by atoms with E-state index in [9.17, 15) is 0 Å². The Bertz CT molecular complexity index is 4160. The number of para-hydroxylation sites is 3. The summed E-state index contributed by atoms with van der Waals surface area (Å²) in [6.45, 7) is 0. The SMILES string of the molecule is c1ccc(-c2ccc(-c3nc(-c4cccc(-n5c6ccccc6c6ccccc65)c4)nc(-n4c5ccccc5c5ccc6c(c54)-c4ccccc4C64c5ccccc5-c5ccccc54)n3)cc2)cc1. The predicted molar refractivity (Wildman–Crippen MR) is 281 cm³/mol. The van der Waals surface area contributed by atoms with Crippen LogP contribution in [0.4, 0.5) is 0 Å². The van der Waals surface area contributed by atoms with Gasteiger partial charge in [0.15, 0.2) is 11.6 Å². The molecule has 15 rings (SSSR count). The quantitative estimate of drug-likeness (QED) is 0.173. The van der Waals surface area contributed by atoms with Gasteiger partial charge in [-0.1, -0.05) is 206 Å². The Hall–Kier alpha value is -9.19. The highest BCUT2D eigenvalue weighted by molar-refractivity contribution is 6.16. The average Bonchev–Trinajstić information content (AvgIpc) is 4.13. The fraction of sp³-hybridized carbons (Fsp3) is 0.0156. The first-order chi connectivity index (χ1) is 34.2. The van der Waals surface area contributed by atoms with Crippen LogP contribution >= 0.6 is 0 Å². The van der Waals surface area contributed by atoms with Crippen LogP contribution < -0.4 is 0 Å². The fourth-order valence-electron chi connectivity index (χ4n) is 12.0. The van der Waals surface area contributed by atoms with Crippen molar-refractivity contribution in [3.8, 4) is 67.8 Å². The molecule has 0 N–H and O–H groups in total. The van der Waals surface area contributed by atoms with E-state index in [4.69, 9.17) is 15.0 Å². The molecule has 0 amide bonds. The van der Waals surface area contributed by atoms with Crippen molar-refractivity contribution in [3.63, 3.8) is 0 Å². The molecule has 5 heteroatoms. The molecular formula is C64H39N5. The highest BCUT2D eigenvalue weighted by atomic mass is 15.2. The van der Waals surface area contributed by atoms with Crippen LogP contribution in [0.25, 0.3) is 111 Å². The number of hydrogen-bond acceptors (Lipinski definition) is 3. The lowest BCUT2D eigenvalue weighted by Gasteiger charge is -2.30. The molecule has 0 atom stereocenters. The number of nitrogens with zero attached hydrogens (tertiary/aromatic N) is 5. The summed E-state index contributed by atoms with van der Waals surface area (Å²) < 4.78 is 4.66. The molecule has 0 saturated heterocycles. The summed E-state index contributed by atoms with van der Waals surface area (Å²) in [6, 6.07) is 85.4. The van der Waals surface area contributed by atoms with Gasteiger partial charge in [0.05, 0.1) is 27.5 Å². The summed E-state index contributed by atoms with van der Waals surface area (Å²) in [5, 5.41) is 4.73. The largest absolute Gasteiger partial charge is 0.309 e. The third kappa shape index (κ3) is 5.27. The predicted octanol–water partition coefficient (Wildman–Crippen LogP) is 15.4. The van der Waals surface area contributed by atoms with Gasteiger partial charge in [-0.25, -0.2) is 4.98 Å². The van der Waals surface area contributed by atoms with E-state index in [-0.39, 0.29) is 0 Å². The number of benzene rings is 10. The standard InChI is InChI=1S/C64H39N5/c1-2-17-40(18-3-1)41-33-35-42(36-34-41)61-65-62(43-19-16-20-44(39-43)68-56-30-13-7-23-47(56)48-24-8-14-31-57(48)68)67-63(66-61)69-58-32-15-9-25-49(58)50-37-38-55-59(60(50)69)51-26-6-12-29-54(51)64(55)52-27-10-4-21-45(52)46-22-5-11-28-53(46)64/h1-39H. The first-order valence-electron chi connectivity index (χ1n) is 23.6. The lowest BCUT2D eigenvalue weighted by Crippen LogP contribution is -2.25. The van der Waals surface area contributed by atoms with Crippen molar-refractivity contribution in [2.45, 2.75) is 5.41 Å². The van der Waals surface area contributed by atoms with Gasteiger partial charge < -0.3 is 4.57 Å². The highest BCUT2D eigenvalue weighted by Crippen LogP contribution is 2.64. The molecule has 3 heterocycles. The maximum absolute atomic E-state index is 5.56. The first kappa shape index (κ1) is 38.0. The lowest BCUT2D eigenvalue weighted by molar-refractivity contribution is 0.794. The second-order valence-corrected chi connectivity index (χ2v) is 18.3. The zero-order chi connectivity index (χ0) is 45.2. The monoisotopic (exact) mass is 877 g/mol. The van der Waals surface area contributed by atoms with E-state index in [2.05, 4.69) is 246 Å². The number of aromatic nitrogens is 5. The Labute approximate surface area is 397 Å². The summed E-state index contributed by atoms with van der Waals surface area (Å²) in [6.07, 6.45) is 0. The molecule has 0 radical (unpaired) electrons. The molecule has 0 saturated carbocycles. The summed E-state index contributed by atoms with van der Waals surface area (Å²) in [7, 11) is 0. The highest BCUT2D eigenvalue weighted by Gasteiger charge is 2.52. The van der Waals surface area contributed by atoms with E-state index in [0.29, 0.717) is 17.6 Å². The van der Waals surface area contributed by atoms with Crippen molar-refractivity contribution in [2.24, 2.45) is 0 Å². The van der Waals surface area contributed by atoms with Crippen LogP contribution in [0.5, 0.6) is 0 Å². The fourth-order valence-corrected chi connectivity index (χ4v) is 12.0. The summed E-state index contributed by atoms with van der Waals surface area (Å²) in [5.41, 5.74) is 19.2. The maximum Gasteiger partial charge on any atom is 0.238 e. The normalized spacial score (nSPS) is 13.0. The van der Waals surface area contributed by atoms with E-state index in [1.54, 1.807) is 0 Å². The van der Waals surface area contributed by atoms with Gasteiger partial charge in [0, 0.05) is 43.9 Å². The summed E-state index contributed by atoms with van der Waals surface area (Å²) >= 11 is 0. The van der Waals surface area contributed by atoms with Crippen LogP contribution in [-0.4, -0.2) is 24.1 Å². The molecule has 10 aromatic carbocycles. The minimum absolute atomic E-state index is 0.502. The van der Waals surface area contributed by atoms with E-state index < -0.39 is 5.41 Å². The van der Waals surface area contributed by atoms with Gasteiger partial charge >= 0.3 is 0 Å². The van der Waals surface area contributed by atoms with Crippen molar-refractivity contribution < 1.29 is 0 Å². The van der Waals surface area contributed by atoms with E-state index in [0.717, 1.165) is 60.8 Å². The molecule has 320 valence electrons. The van der Waals surface area contributed by atoms with Crippen LogP contribution in [0.1, 0.15) is 22.3 Å². The van der Waals surface area contributed by atoms with Crippen LogP contribution in [0.2, 0.25) is 0 Å². The molecule has 2 aliphatic rings. The smallest absolute Gasteiger partial charge is 0.238 e. The van der Waals surface area contributed by atoms with Crippen molar-refractivity contribution >= 4 is 43.6 Å². The van der Waals surface area contributed by atoms with E-state index >= 15 is 0 Å². The third-order valence-corrected chi connectivity index (χ3v) is 14.8. The molecule has 0 fully saturated rings. The minimum atomic E-state index is -0.502. The number of rotatable bonds is 5. The van der Waals surface area contributed by atoms with Gasteiger partial charge in [-0.05, 0) is 80.4 Å². The van der Waals surface area contributed by atoms with Crippen molar-refractivity contribution in [2.75, 3.05) is 0 Å². The zero-order valence-corrected chi connectivity index (χ0v) is 37.3. The van der Waals surface area contributed by atoms with Gasteiger partial charge in [0.2, 0.25) is 5.95 Å². The van der Waals surface area contributed by atoms with Crippen LogP contribution in [-0.2, 0) is 5.41 Å². The Morgan fingerprint density at radius 1 is 0.304 bits per heavy atom. The van der Waals surface area contributed by atoms with E-state index in [1.165, 1.54) is 55.3 Å². The van der Waals surface area contributed by atoms with Gasteiger partial charge in [0.1, 0.15) is 0 Å². The van der Waals surface area contributed by atoms with Crippen molar-refractivity contribution in [3.05, 3.63) is 259 Å². The topological polar surface area (TPSA) is 48.5 Å². The zero-order valence-electron chi connectivity index (χ0n) is 37.3. The molecule has 5 nitrogen and oxygen atoms in total. The van der Waals surface area contributed by atoms with Crippen molar-refractivity contribution in [1.29, 1.82) is 0 Å². The Balaban J connectivity index is 1.01. The second-order valence-electron chi connectivity index (χ2n) is 18.3. The Morgan fingerprint density at radius 3 is 1.43 bits per heavy atom. The van der Waals surface area contributed by atoms with Gasteiger partial charge in [-0.2, -0.15) is 9.97 Å². The van der Waals surface area contributed by atoms with Crippen LogP contribution in [0, 0.1) is 0 Å². The van der Waals surface area contributed by atoms with Gasteiger partial charge in [0.25, 0.3) is 0 Å². The Morgan fingerprint density at radius 2 is 0.783 bits per heavy atom. The Kier molecular flexibility index (Phi) is 7.93. The molecule has 2 aliphatic carbocycles. The van der Waals surface area contributed by atoms with Crippen LogP contribution in [0.15, 0.2) is 237 Å². The molecule has 3 aromatic heterocycles. The lowest BCUT2D eigenvalue weighted by atomic mass is 9.70. The van der Waals surface area contributed by atoms with Crippen molar-refractivity contribution in [1.82, 2.24) is 24.1 Å². The minimum Gasteiger partial charge on any atom is -0.309 e. The molecule has 0 aliphatic heterocycles. The molecule has 1 spiro atoms.